The Kier molecular flexibility index (Phi) is 5.00. The molecule has 11 heteroatoms. The first kappa shape index (κ1) is 19.4. The maximum absolute atomic E-state index is 14.5. The number of sulfone groups is 1. The largest absolute Gasteiger partial charge is 0.386 e. The van der Waals surface area contributed by atoms with Gasteiger partial charge in [0, 0.05) is 31.1 Å². The summed E-state index contributed by atoms with van der Waals surface area (Å²) in [5, 5.41) is -4.15. The topological polar surface area (TPSA) is 111 Å². The van der Waals surface area contributed by atoms with Crippen LogP contribution in [0.4, 0.5) is 20.5 Å². The normalized spacial score (nSPS) is 15.8. The number of aromatic nitrogens is 3. The monoisotopic (exact) mass is 399 g/mol. The van der Waals surface area contributed by atoms with Crippen molar-refractivity contribution in [2.75, 3.05) is 43.2 Å². The van der Waals surface area contributed by atoms with E-state index in [0.29, 0.717) is 43.7 Å². The van der Waals surface area contributed by atoms with Gasteiger partial charge in [0.05, 0.1) is 18.9 Å². The Morgan fingerprint density at radius 3 is 2.48 bits per heavy atom. The predicted molar refractivity (Wildman–Crippen MR) is 96.2 cm³/mol. The number of nitrogens with zero attached hydrogens (tertiary/aromatic N) is 4. The van der Waals surface area contributed by atoms with Crippen LogP contribution in [0.25, 0.3) is 11.3 Å². The van der Waals surface area contributed by atoms with Gasteiger partial charge in [0.25, 0.3) is 0 Å². The van der Waals surface area contributed by atoms with Crippen LogP contribution in [0, 0.1) is 6.92 Å². The van der Waals surface area contributed by atoms with Crippen LogP contribution in [0.2, 0.25) is 0 Å². The van der Waals surface area contributed by atoms with Crippen molar-refractivity contribution in [2.24, 2.45) is 0 Å². The zero-order valence-corrected chi connectivity index (χ0v) is 15.6. The average molecular weight is 399 g/mol. The molecule has 8 nitrogen and oxygen atoms in total. The molecule has 1 aliphatic rings. The highest BCUT2D eigenvalue weighted by molar-refractivity contribution is 7.91. The van der Waals surface area contributed by atoms with Gasteiger partial charge in [0.2, 0.25) is 15.8 Å². The molecule has 0 unspecified atom stereocenters. The number of alkyl halides is 2. The van der Waals surface area contributed by atoms with Crippen molar-refractivity contribution in [3.05, 3.63) is 29.6 Å². The molecule has 3 rings (SSSR count). The molecule has 0 atom stereocenters. The summed E-state index contributed by atoms with van der Waals surface area (Å²) >= 11 is 0. The molecule has 0 radical (unpaired) electrons. The third-order valence-corrected chi connectivity index (χ3v) is 5.32. The average Bonchev–Trinajstić information content (AvgIpc) is 2.61. The highest BCUT2D eigenvalue weighted by Gasteiger charge is 2.46. The molecule has 1 saturated heterocycles. The fourth-order valence-electron chi connectivity index (χ4n) is 2.66. The van der Waals surface area contributed by atoms with Gasteiger partial charge < -0.3 is 15.4 Å². The summed E-state index contributed by atoms with van der Waals surface area (Å²) in [7, 11) is -4.72. The summed E-state index contributed by atoms with van der Waals surface area (Å²) in [6.45, 7) is 3.35. The van der Waals surface area contributed by atoms with Crippen LogP contribution in [-0.2, 0) is 19.8 Å². The highest BCUT2D eigenvalue weighted by atomic mass is 32.2. The van der Waals surface area contributed by atoms with E-state index in [2.05, 4.69) is 15.0 Å². The third-order valence-electron chi connectivity index (χ3n) is 4.18. The maximum atomic E-state index is 14.5. The summed E-state index contributed by atoms with van der Waals surface area (Å²) in [6.07, 6.45) is 1.89. The minimum atomic E-state index is -4.72. The van der Waals surface area contributed by atoms with Crippen LogP contribution in [0.15, 0.2) is 18.3 Å². The summed E-state index contributed by atoms with van der Waals surface area (Å²) in [5.41, 5.74) is 6.04. The molecular weight excluding hydrogens is 380 g/mol. The predicted octanol–water partition coefficient (Wildman–Crippen LogP) is 1.36. The molecule has 0 saturated carbocycles. The Bertz CT molecular complexity index is 963. The van der Waals surface area contributed by atoms with Crippen molar-refractivity contribution < 1.29 is 21.9 Å². The molecule has 27 heavy (non-hydrogen) atoms. The first-order chi connectivity index (χ1) is 12.6. The lowest BCUT2D eigenvalue weighted by Gasteiger charge is -2.28. The molecule has 0 aromatic carbocycles. The molecule has 2 aromatic rings. The van der Waals surface area contributed by atoms with Gasteiger partial charge in [-0.25, -0.2) is 23.4 Å². The minimum Gasteiger partial charge on any atom is -0.384 e. The van der Waals surface area contributed by atoms with Crippen molar-refractivity contribution in [2.45, 2.75) is 12.2 Å². The van der Waals surface area contributed by atoms with Crippen molar-refractivity contribution in [1.82, 2.24) is 15.0 Å². The van der Waals surface area contributed by atoms with E-state index in [4.69, 9.17) is 10.5 Å². The second kappa shape index (κ2) is 6.97. The van der Waals surface area contributed by atoms with Gasteiger partial charge in [0.1, 0.15) is 11.5 Å². The van der Waals surface area contributed by atoms with Gasteiger partial charge in [-0.15, -0.1) is 0 Å². The van der Waals surface area contributed by atoms with Gasteiger partial charge in [-0.1, -0.05) is 0 Å². The Balaban J connectivity index is 2.19. The lowest BCUT2D eigenvalue weighted by molar-refractivity contribution is 0.0863. The Hall–Kier alpha value is -2.40. The SMILES string of the molecule is Cc1cc(N)ncc1-c1cc(C(F)(F)S(C)(=O)=O)nc(N2CCOCC2)n1. The second-order valence-corrected chi connectivity index (χ2v) is 8.31. The van der Waals surface area contributed by atoms with Crippen LogP contribution in [0.1, 0.15) is 11.3 Å². The fourth-order valence-corrected chi connectivity index (χ4v) is 3.15. The number of halogens is 2. The fraction of sp³-hybridized carbons (Fsp3) is 0.438. The molecule has 2 aromatic heterocycles. The molecule has 0 aliphatic carbocycles. The Morgan fingerprint density at radius 1 is 1.22 bits per heavy atom. The van der Waals surface area contributed by atoms with E-state index in [9.17, 15) is 17.2 Å². The van der Waals surface area contributed by atoms with Crippen LogP contribution >= 0.6 is 0 Å². The van der Waals surface area contributed by atoms with Crippen LogP contribution in [0.3, 0.4) is 0 Å². The number of ether oxygens (including phenoxy) is 1. The van der Waals surface area contributed by atoms with E-state index in [1.807, 2.05) is 0 Å². The highest BCUT2D eigenvalue weighted by Crippen LogP contribution is 2.35. The number of nitrogens with two attached hydrogens (primary N) is 1. The van der Waals surface area contributed by atoms with Gasteiger partial charge in [-0.3, -0.25) is 0 Å². The molecule has 1 fully saturated rings. The number of pyridine rings is 1. The smallest absolute Gasteiger partial charge is 0.384 e. The molecule has 0 amide bonds. The quantitative estimate of drug-likeness (QED) is 0.820. The number of hydrogen-bond donors (Lipinski definition) is 1. The van der Waals surface area contributed by atoms with Gasteiger partial charge in [0.15, 0.2) is 0 Å². The van der Waals surface area contributed by atoms with Crippen molar-refractivity contribution >= 4 is 21.6 Å². The Morgan fingerprint density at radius 2 is 1.89 bits per heavy atom. The van der Waals surface area contributed by atoms with Gasteiger partial charge in [-0.2, -0.15) is 8.78 Å². The van der Waals surface area contributed by atoms with Crippen molar-refractivity contribution in [1.29, 1.82) is 0 Å². The number of anilines is 2. The second-order valence-electron chi connectivity index (χ2n) is 6.25. The van der Waals surface area contributed by atoms with E-state index >= 15 is 0 Å². The number of aryl methyl sites for hydroxylation is 1. The van der Waals surface area contributed by atoms with Crippen LogP contribution in [-0.4, -0.2) is 55.9 Å². The first-order valence-corrected chi connectivity index (χ1v) is 10.0. The lowest BCUT2D eigenvalue weighted by atomic mass is 10.1. The maximum Gasteiger partial charge on any atom is 0.386 e. The van der Waals surface area contributed by atoms with Crippen LogP contribution in [0.5, 0.6) is 0 Å². The number of rotatable bonds is 4. The van der Waals surface area contributed by atoms with Gasteiger partial charge in [-0.05, 0) is 24.6 Å². The van der Waals surface area contributed by atoms with E-state index in [-0.39, 0.29) is 17.5 Å². The van der Waals surface area contributed by atoms with E-state index < -0.39 is 20.8 Å². The third kappa shape index (κ3) is 3.83. The van der Waals surface area contributed by atoms with E-state index in [0.717, 1.165) is 6.07 Å². The van der Waals surface area contributed by atoms with Crippen molar-refractivity contribution in [3.8, 4) is 11.3 Å². The van der Waals surface area contributed by atoms with Gasteiger partial charge >= 0.3 is 5.25 Å². The number of nitrogen functional groups attached to an aromatic ring is 1. The molecule has 146 valence electrons. The summed E-state index contributed by atoms with van der Waals surface area (Å²) in [5.74, 6) is 0.297. The number of morpholine rings is 1. The molecule has 0 bridgehead atoms. The molecule has 1 aliphatic heterocycles. The van der Waals surface area contributed by atoms with Crippen LogP contribution < -0.4 is 10.6 Å². The summed E-state index contributed by atoms with van der Waals surface area (Å²) < 4.78 is 57.5. The first-order valence-electron chi connectivity index (χ1n) is 8.12. The molecule has 2 N–H and O–H groups in total. The van der Waals surface area contributed by atoms with Crippen molar-refractivity contribution in [3.63, 3.8) is 0 Å². The minimum absolute atomic E-state index is 0.0188. The zero-order chi connectivity index (χ0) is 19.8. The lowest BCUT2D eigenvalue weighted by Crippen LogP contribution is -2.38. The molecule has 3 heterocycles. The summed E-state index contributed by atoms with van der Waals surface area (Å²) in [6, 6.07) is 2.56. The molecule has 0 spiro atoms. The van der Waals surface area contributed by atoms with E-state index in [1.54, 1.807) is 17.9 Å². The number of hydrogen-bond acceptors (Lipinski definition) is 8. The standard InChI is InChI=1S/C16H19F2N5O3S/c1-10-7-14(19)20-9-11(10)12-8-13(16(17,18)27(2,24)25)22-15(21-12)23-3-5-26-6-4-23/h7-9H,3-6H2,1-2H3,(H2,19,20). The summed E-state index contributed by atoms with van der Waals surface area (Å²) in [4.78, 5) is 13.9. The Labute approximate surface area is 155 Å². The van der Waals surface area contributed by atoms with E-state index in [1.165, 1.54) is 6.20 Å². The zero-order valence-electron chi connectivity index (χ0n) is 14.8. The molecular formula is C16H19F2N5O3S.